The number of benzene rings is 2. The minimum atomic E-state index is -1.03. The minimum Gasteiger partial charge on any atom is -0.482 e. The maximum Gasteiger partial charge on any atom is 0.341 e. The van der Waals surface area contributed by atoms with E-state index in [1.165, 1.54) is 12.1 Å². The van der Waals surface area contributed by atoms with Gasteiger partial charge in [0.2, 0.25) is 5.91 Å². The zero-order valence-electron chi connectivity index (χ0n) is 15.5. The third-order valence-electron chi connectivity index (χ3n) is 4.26. The summed E-state index contributed by atoms with van der Waals surface area (Å²) in [6.07, 6.45) is 1.29. The second kappa shape index (κ2) is 9.71. The molecule has 1 unspecified atom stereocenters. The molecule has 0 bridgehead atoms. The van der Waals surface area contributed by atoms with Crippen molar-refractivity contribution in [1.29, 1.82) is 0 Å². The highest BCUT2D eigenvalue weighted by Gasteiger charge is 2.17. The van der Waals surface area contributed by atoms with Crippen molar-refractivity contribution in [1.82, 2.24) is 4.90 Å². The Morgan fingerprint density at radius 3 is 2.48 bits per heavy atom. The Kier molecular flexibility index (Phi) is 7.34. The number of carbonyl (C=O) groups is 2. The topological polar surface area (TPSA) is 66.8 Å². The number of hydrogen-bond donors (Lipinski definition) is 1. The first-order chi connectivity index (χ1) is 12.8. The first-order valence-corrected chi connectivity index (χ1v) is 8.78. The van der Waals surface area contributed by atoms with E-state index in [1.807, 2.05) is 13.0 Å². The Bertz CT molecular complexity index is 776. The number of hydrogen-bond acceptors (Lipinski definition) is 3. The summed E-state index contributed by atoms with van der Waals surface area (Å²) in [7, 11) is 1.75. The molecule has 0 heterocycles. The van der Waals surface area contributed by atoms with Crippen LogP contribution in [0.3, 0.4) is 0 Å². The Hall–Kier alpha value is -2.89. The van der Waals surface area contributed by atoms with Gasteiger partial charge < -0.3 is 14.7 Å². The summed E-state index contributed by atoms with van der Waals surface area (Å²) in [5.74, 6) is -0.969. The van der Waals surface area contributed by atoms with Gasteiger partial charge in [0.15, 0.2) is 6.61 Å². The third kappa shape index (κ3) is 6.73. The molecule has 0 aliphatic heterocycles. The Morgan fingerprint density at radius 2 is 1.85 bits per heavy atom. The summed E-state index contributed by atoms with van der Waals surface area (Å²) < 4.78 is 18.3. The SMILES string of the molecule is CC(CCc1cccc(F)c1)C(=O)N(C)Cc1ccc(OCC(=O)O)cc1. The molecule has 0 aromatic heterocycles. The summed E-state index contributed by atoms with van der Waals surface area (Å²) in [6.45, 7) is 1.93. The molecule has 1 atom stereocenters. The molecular formula is C21H24FNO4. The summed E-state index contributed by atoms with van der Waals surface area (Å²) in [4.78, 5) is 24.7. The van der Waals surface area contributed by atoms with Gasteiger partial charge in [0.25, 0.3) is 0 Å². The van der Waals surface area contributed by atoms with Gasteiger partial charge in [0.1, 0.15) is 11.6 Å². The zero-order chi connectivity index (χ0) is 19.8. The van der Waals surface area contributed by atoms with Gasteiger partial charge in [-0.15, -0.1) is 0 Å². The zero-order valence-corrected chi connectivity index (χ0v) is 15.5. The number of nitrogens with zero attached hydrogens (tertiary/aromatic N) is 1. The molecule has 2 aromatic carbocycles. The predicted molar refractivity (Wildman–Crippen MR) is 99.9 cm³/mol. The molecule has 0 saturated heterocycles. The molecule has 0 spiro atoms. The Labute approximate surface area is 158 Å². The van der Waals surface area contributed by atoms with E-state index < -0.39 is 5.97 Å². The molecule has 0 saturated carbocycles. The molecule has 0 radical (unpaired) electrons. The third-order valence-corrected chi connectivity index (χ3v) is 4.26. The van der Waals surface area contributed by atoms with Crippen LogP contribution in [0, 0.1) is 11.7 Å². The maximum atomic E-state index is 13.2. The summed E-state index contributed by atoms with van der Waals surface area (Å²) in [5, 5.41) is 8.60. The average molecular weight is 373 g/mol. The van der Waals surface area contributed by atoms with Crippen LogP contribution in [0.2, 0.25) is 0 Å². The molecule has 2 aromatic rings. The van der Waals surface area contributed by atoms with Crippen LogP contribution in [0.4, 0.5) is 4.39 Å². The van der Waals surface area contributed by atoms with E-state index >= 15 is 0 Å². The van der Waals surface area contributed by atoms with Crippen LogP contribution in [0.25, 0.3) is 0 Å². The molecule has 0 aliphatic rings. The van der Waals surface area contributed by atoms with E-state index in [4.69, 9.17) is 9.84 Å². The van der Waals surface area contributed by atoms with Crippen molar-refractivity contribution in [3.05, 3.63) is 65.5 Å². The first kappa shape index (κ1) is 20.4. The number of halogens is 1. The molecule has 0 aliphatic carbocycles. The summed E-state index contributed by atoms with van der Waals surface area (Å²) in [5.41, 5.74) is 1.81. The van der Waals surface area contributed by atoms with Crippen LogP contribution in [0.15, 0.2) is 48.5 Å². The molecule has 6 heteroatoms. The highest BCUT2D eigenvalue weighted by Crippen LogP contribution is 2.16. The molecule has 27 heavy (non-hydrogen) atoms. The first-order valence-electron chi connectivity index (χ1n) is 8.78. The van der Waals surface area contributed by atoms with Crippen LogP contribution < -0.4 is 4.74 Å². The van der Waals surface area contributed by atoms with Gasteiger partial charge in [-0.1, -0.05) is 31.2 Å². The molecule has 2 rings (SSSR count). The lowest BCUT2D eigenvalue weighted by Crippen LogP contribution is -2.31. The number of rotatable bonds is 9. The maximum absolute atomic E-state index is 13.2. The van der Waals surface area contributed by atoms with E-state index in [9.17, 15) is 14.0 Å². The standard InChI is InChI=1S/C21H24FNO4/c1-15(6-7-16-4-3-5-18(22)12-16)21(26)23(2)13-17-8-10-19(11-9-17)27-14-20(24)25/h3-5,8-12,15H,6-7,13-14H2,1-2H3,(H,24,25). The molecular weight excluding hydrogens is 349 g/mol. The van der Waals surface area contributed by atoms with Crippen molar-refractivity contribution in [3.8, 4) is 5.75 Å². The summed E-state index contributed by atoms with van der Waals surface area (Å²) in [6, 6.07) is 13.4. The lowest BCUT2D eigenvalue weighted by molar-refractivity contribution is -0.139. The quantitative estimate of drug-likeness (QED) is 0.730. The van der Waals surface area contributed by atoms with E-state index in [-0.39, 0.29) is 24.2 Å². The van der Waals surface area contributed by atoms with Crippen LogP contribution in [0.1, 0.15) is 24.5 Å². The van der Waals surface area contributed by atoms with Crippen molar-refractivity contribution in [3.63, 3.8) is 0 Å². The van der Waals surface area contributed by atoms with Gasteiger partial charge >= 0.3 is 5.97 Å². The molecule has 5 nitrogen and oxygen atoms in total. The minimum absolute atomic E-state index is 0.0256. The molecule has 1 N–H and O–H groups in total. The number of carboxylic acid groups (broad SMARTS) is 1. The lowest BCUT2D eigenvalue weighted by atomic mass is 9.99. The van der Waals surface area contributed by atoms with Crippen molar-refractivity contribution in [2.45, 2.75) is 26.3 Å². The fraction of sp³-hybridized carbons (Fsp3) is 0.333. The number of aryl methyl sites for hydroxylation is 1. The second-order valence-electron chi connectivity index (χ2n) is 6.59. The van der Waals surface area contributed by atoms with Gasteiger partial charge in [0, 0.05) is 19.5 Å². The molecule has 0 fully saturated rings. The van der Waals surface area contributed by atoms with Gasteiger partial charge in [-0.25, -0.2) is 9.18 Å². The second-order valence-corrected chi connectivity index (χ2v) is 6.59. The van der Waals surface area contributed by atoms with Crippen molar-refractivity contribution in [2.24, 2.45) is 5.92 Å². The molecule has 144 valence electrons. The number of amides is 1. The van der Waals surface area contributed by atoms with E-state index in [1.54, 1.807) is 42.3 Å². The number of ether oxygens (including phenoxy) is 1. The number of carbonyl (C=O) groups excluding carboxylic acids is 1. The highest BCUT2D eigenvalue weighted by atomic mass is 19.1. The van der Waals surface area contributed by atoms with Crippen LogP contribution in [-0.4, -0.2) is 35.5 Å². The van der Waals surface area contributed by atoms with Crippen LogP contribution in [-0.2, 0) is 22.6 Å². The smallest absolute Gasteiger partial charge is 0.341 e. The molecule has 1 amide bonds. The normalized spacial score (nSPS) is 11.7. The fourth-order valence-electron chi connectivity index (χ4n) is 2.76. The van der Waals surface area contributed by atoms with Gasteiger partial charge in [0.05, 0.1) is 0 Å². The number of aliphatic carboxylic acids is 1. The highest BCUT2D eigenvalue weighted by molar-refractivity contribution is 5.78. The van der Waals surface area contributed by atoms with Gasteiger partial charge in [-0.3, -0.25) is 4.79 Å². The summed E-state index contributed by atoms with van der Waals surface area (Å²) >= 11 is 0. The van der Waals surface area contributed by atoms with Gasteiger partial charge in [-0.2, -0.15) is 0 Å². The van der Waals surface area contributed by atoms with E-state index in [0.29, 0.717) is 25.1 Å². The average Bonchev–Trinajstić information content (AvgIpc) is 2.65. The Morgan fingerprint density at radius 1 is 1.15 bits per heavy atom. The van der Waals surface area contributed by atoms with Crippen molar-refractivity contribution >= 4 is 11.9 Å². The largest absolute Gasteiger partial charge is 0.482 e. The van der Waals surface area contributed by atoms with Crippen LogP contribution in [0.5, 0.6) is 5.75 Å². The van der Waals surface area contributed by atoms with Crippen LogP contribution >= 0.6 is 0 Å². The predicted octanol–water partition coefficient (Wildman–Crippen LogP) is 3.52. The van der Waals surface area contributed by atoms with E-state index in [0.717, 1.165) is 11.1 Å². The lowest BCUT2D eigenvalue weighted by Gasteiger charge is -2.21. The van der Waals surface area contributed by atoms with Gasteiger partial charge in [-0.05, 0) is 48.2 Å². The monoisotopic (exact) mass is 373 g/mol. The van der Waals surface area contributed by atoms with E-state index in [2.05, 4.69) is 0 Å². The fourth-order valence-corrected chi connectivity index (χ4v) is 2.76. The van der Waals surface area contributed by atoms with Crippen molar-refractivity contribution < 1.29 is 23.8 Å². The Balaban J connectivity index is 1.84. The van der Waals surface area contributed by atoms with Crippen molar-refractivity contribution in [2.75, 3.05) is 13.7 Å². The number of carboxylic acids is 1.